The third-order valence-corrected chi connectivity index (χ3v) is 6.64. The molecule has 2 aromatic carbocycles. The van der Waals surface area contributed by atoms with Gasteiger partial charge in [-0.3, -0.25) is 14.5 Å². The Morgan fingerprint density at radius 2 is 1.81 bits per heavy atom. The number of rotatable bonds is 16. The van der Waals surface area contributed by atoms with E-state index in [1.54, 1.807) is 6.07 Å². The molecular formula is C29H34ClFN4O8. The maximum atomic E-state index is 13.9. The van der Waals surface area contributed by atoms with Gasteiger partial charge in [-0.05, 0) is 48.5 Å². The molecule has 1 aromatic heterocycles. The highest BCUT2D eigenvalue weighted by Gasteiger charge is 2.35. The average molecular weight is 621 g/mol. The van der Waals surface area contributed by atoms with Crippen molar-refractivity contribution in [2.45, 2.75) is 5.60 Å². The molecule has 1 amide bonds. The topological polar surface area (TPSA) is 177 Å². The summed E-state index contributed by atoms with van der Waals surface area (Å²) in [4.78, 5) is 30.8. The van der Waals surface area contributed by atoms with Crippen molar-refractivity contribution in [2.75, 3.05) is 60.2 Å². The fraction of sp³-hybridized carbons (Fsp3) is 0.345. The highest BCUT2D eigenvalue weighted by atomic mass is 35.5. The summed E-state index contributed by atoms with van der Waals surface area (Å²) in [6.07, 6.45) is 0. The lowest BCUT2D eigenvalue weighted by Gasteiger charge is -2.34. The summed E-state index contributed by atoms with van der Waals surface area (Å²) in [5.41, 5.74) is 4.66. The van der Waals surface area contributed by atoms with Gasteiger partial charge in [-0.1, -0.05) is 11.6 Å². The van der Waals surface area contributed by atoms with E-state index < -0.39 is 29.8 Å². The first-order valence-corrected chi connectivity index (χ1v) is 13.5. The number of carbonyl (C=O) groups is 2. The Labute approximate surface area is 252 Å². The third kappa shape index (κ3) is 8.75. The average Bonchev–Trinajstić information content (AvgIpc) is 2.99. The van der Waals surface area contributed by atoms with Crippen LogP contribution in [0.3, 0.4) is 0 Å². The van der Waals surface area contributed by atoms with E-state index in [4.69, 9.17) is 36.7 Å². The smallest absolute Gasteiger partial charge is 0.317 e. The molecule has 6 N–H and O–H groups in total. The first-order chi connectivity index (χ1) is 20.5. The lowest BCUT2D eigenvalue weighted by molar-refractivity contribution is -0.139. The summed E-state index contributed by atoms with van der Waals surface area (Å²) < 4.78 is 30.0. The van der Waals surface area contributed by atoms with Crippen LogP contribution < -0.4 is 25.3 Å². The van der Waals surface area contributed by atoms with Gasteiger partial charge in [0, 0.05) is 30.8 Å². The number of aliphatic hydroxyl groups is 2. The largest absolute Gasteiger partial charge is 0.494 e. The number of aromatic nitrogens is 1. The van der Waals surface area contributed by atoms with Crippen molar-refractivity contribution in [2.24, 2.45) is 5.73 Å². The molecule has 0 aliphatic carbocycles. The number of aliphatic hydroxyl groups excluding tert-OH is 1. The van der Waals surface area contributed by atoms with Crippen molar-refractivity contribution >= 4 is 23.5 Å². The van der Waals surface area contributed by atoms with Gasteiger partial charge in [0.1, 0.15) is 29.5 Å². The zero-order chi connectivity index (χ0) is 31.6. The van der Waals surface area contributed by atoms with Gasteiger partial charge in [-0.2, -0.15) is 0 Å². The van der Waals surface area contributed by atoms with Gasteiger partial charge in [0.25, 0.3) is 5.91 Å². The third-order valence-electron chi connectivity index (χ3n) is 6.35. The predicted octanol–water partition coefficient (Wildman–Crippen LogP) is 1.89. The Morgan fingerprint density at radius 1 is 1.09 bits per heavy atom. The van der Waals surface area contributed by atoms with Crippen molar-refractivity contribution in [3.8, 4) is 28.5 Å². The van der Waals surface area contributed by atoms with Gasteiger partial charge in [0.2, 0.25) is 0 Å². The number of benzene rings is 2. The van der Waals surface area contributed by atoms with E-state index in [9.17, 15) is 24.2 Å². The summed E-state index contributed by atoms with van der Waals surface area (Å²) in [7, 11) is 2.82. The van der Waals surface area contributed by atoms with Crippen molar-refractivity contribution < 1.29 is 43.5 Å². The van der Waals surface area contributed by atoms with Crippen molar-refractivity contribution in [1.82, 2.24) is 15.2 Å². The zero-order valence-electron chi connectivity index (χ0n) is 23.7. The molecule has 0 saturated heterocycles. The van der Waals surface area contributed by atoms with Crippen LogP contribution in [0.15, 0.2) is 48.5 Å². The normalized spacial score (nSPS) is 12.5. The molecule has 0 spiro atoms. The first kappa shape index (κ1) is 33.5. The molecule has 0 aliphatic rings. The number of ether oxygens (including phenoxy) is 3. The molecule has 0 aliphatic heterocycles. The molecule has 0 fully saturated rings. The van der Waals surface area contributed by atoms with Crippen LogP contribution in [0.4, 0.5) is 4.39 Å². The van der Waals surface area contributed by atoms with Crippen molar-refractivity contribution in [1.29, 1.82) is 0 Å². The number of nitrogens with two attached hydrogens (primary N) is 1. The number of nitrogens with one attached hydrogen (secondary N) is 1. The number of hydrogen-bond donors (Lipinski definition) is 5. The molecule has 0 bridgehead atoms. The molecule has 232 valence electrons. The Balaban J connectivity index is 2.00. The molecule has 3 rings (SSSR count). The van der Waals surface area contributed by atoms with Gasteiger partial charge in [-0.25, -0.2) is 9.37 Å². The van der Waals surface area contributed by atoms with E-state index >= 15 is 0 Å². The lowest BCUT2D eigenvalue weighted by Crippen LogP contribution is -2.51. The number of carboxylic acids is 1. The molecule has 12 nitrogen and oxygen atoms in total. The SMILES string of the molecule is COc1cc(C(=O)NCC(O)(CN(CCN)CC(=O)O)c2ccc(OC)c(-c3ccc(F)c(Cl)c3)n2)ccc1OCCO. The monoisotopic (exact) mass is 620 g/mol. The Kier molecular flexibility index (Phi) is 12.0. The Hall–Kier alpha value is -4.01. The van der Waals surface area contributed by atoms with Gasteiger partial charge in [-0.15, -0.1) is 0 Å². The van der Waals surface area contributed by atoms with Crippen molar-refractivity contribution in [3.63, 3.8) is 0 Å². The maximum absolute atomic E-state index is 13.9. The van der Waals surface area contributed by atoms with Crippen LogP contribution in [-0.2, 0) is 10.4 Å². The summed E-state index contributed by atoms with van der Waals surface area (Å²) >= 11 is 6.00. The van der Waals surface area contributed by atoms with E-state index in [2.05, 4.69) is 10.3 Å². The summed E-state index contributed by atoms with van der Waals surface area (Å²) in [6, 6.07) is 11.4. The van der Waals surface area contributed by atoms with Crippen LogP contribution in [0.5, 0.6) is 17.2 Å². The number of carboxylic acid groups (broad SMARTS) is 1. The minimum Gasteiger partial charge on any atom is -0.494 e. The molecule has 43 heavy (non-hydrogen) atoms. The van der Waals surface area contributed by atoms with E-state index in [-0.39, 0.29) is 67.1 Å². The second kappa shape index (κ2) is 15.5. The van der Waals surface area contributed by atoms with Gasteiger partial charge in [0.15, 0.2) is 11.5 Å². The molecular weight excluding hydrogens is 587 g/mol. The van der Waals surface area contributed by atoms with E-state index in [0.717, 1.165) is 0 Å². The van der Waals surface area contributed by atoms with Crippen LogP contribution in [0.25, 0.3) is 11.3 Å². The fourth-order valence-electron chi connectivity index (χ4n) is 4.32. The minimum absolute atomic E-state index is 0.0333. The van der Waals surface area contributed by atoms with Crippen LogP contribution in [-0.4, -0.2) is 97.2 Å². The second-order valence-electron chi connectivity index (χ2n) is 9.42. The molecule has 14 heteroatoms. The quantitative estimate of drug-likeness (QED) is 0.158. The van der Waals surface area contributed by atoms with E-state index in [0.29, 0.717) is 17.1 Å². The lowest BCUT2D eigenvalue weighted by atomic mass is 9.96. The van der Waals surface area contributed by atoms with Crippen molar-refractivity contribution in [3.05, 3.63) is 70.6 Å². The molecule has 1 atom stereocenters. The first-order valence-electron chi connectivity index (χ1n) is 13.1. The molecule has 0 saturated carbocycles. The zero-order valence-corrected chi connectivity index (χ0v) is 24.4. The minimum atomic E-state index is -1.93. The maximum Gasteiger partial charge on any atom is 0.317 e. The highest BCUT2D eigenvalue weighted by molar-refractivity contribution is 6.31. The van der Waals surface area contributed by atoms with Crippen LogP contribution in [0.1, 0.15) is 16.1 Å². The summed E-state index contributed by atoms with van der Waals surface area (Å²) in [5.74, 6) is -1.46. The Bertz CT molecular complexity index is 1430. The standard InChI is InChI=1S/C29H34ClFN4O8/c1-41-23-7-8-25(34-27(23)18-3-5-21(31)20(30)13-18)29(40,17-35(10-9-32)15-26(37)38)16-33-28(39)19-4-6-22(43-12-11-36)24(14-19)42-2/h3-8,13-14,36,40H,9-12,15-17,32H2,1-2H3,(H,33,39)(H,37,38). The molecule has 0 radical (unpaired) electrons. The van der Waals surface area contributed by atoms with Crippen LogP contribution >= 0.6 is 11.6 Å². The molecule has 1 unspecified atom stereocenters. The number of methoxy groups -OCH3 is 2. The number of aliphatic carboxylic acids is 1. The summed E-state index contributed by atoms with van der Waals surface area (Å²) in [5, 5.41) is 33.0. The van der Waals surface area contributed by atoms with Gasteiger partial charge < -0.3 is 40.6 Å². The number of halogens is 2. The summed E-state index contributed by atoms with van der Waals surface area (Å²) in [6.45, 7) is -1.02. The van der Waals surface area contributed by atoms with E-state index in [1.807, 2.05) is 0 Å². The number of carbonyl (C=O) groups excluding carboxylic acids is 1. The van der Waals surface area contributed by atoms with Gasteiger partial charge in [0.05, 0.1) is 44.6 Å². The number of amides is 1. The number of nitrogens with zero attached hydrogens (tertiary/aromatic N) is 2. The Morgan fingerprint density at radius 3 is 2.44 bits per heavy atom. The fourth-order valence-corrected chi connectivity index (χ4v) is 4.50. The van der Waals surface area contributed by atoms with Crippen LogP contribution in [0.2, 0.25) is 5.02 Å². The second-order valence-corrected chi connectivity index (χ2v) is 9.83. The highest BCUT2D eigenvalue weighted by Crippen LogP contribution is 2.34. The number of hydrogen-bond acceptors (Lipinski definition) is 10. The number of pyridine rings is 1. The van der Waals surface area contributed by atoms with Crippen LogP contribution in [0, 0.1) is 5.82 Å². The molecule has 1 heterocycles. The van der Waals surface area contributed by atoms with Gasteiger partial charge >= 0.3 is 5.97 Å². The van der Waals surface area contributed by atoms with E-state index in [1.165, 1.54) is 61.6 Å². The molecule has 3 aromatic rings. The predicted molar refractivity (Wildman–Crippen MR) is 156 cm³/mol.